The van der Waals surface area contributed by atoms with Crippen molar-refractivity contribution in [1.29, 1.82) is 0 Å². The molecular formula is C16H20N2O5. The number of rotatable bonds is 3. The van der Waals surface area contributed by atoms with Gasteiger partial charge in [0.1, 0.15) is 5.60 Å². The van der Waals surface area contributed by atoms with E-state index in [0.717, 1.165) is 0 Å². The average Bonchev–Trinajstić information content (AvgIpc) is 2.94. The fraction of sp³-hybridized carbons (Fsp3) is 0.500. The Balaban J connectivity index is 1.69. The summed E-state index contributed by atoms with van der Waals surface area (Å²) in [6, 6.07) is 5.13. The van der Waals surface area contributed by atoms with E-state index in [2.05, 4.69) is 5.32 Å². The molecule has 124 valence electrons. The van der Waals surface area contributed by atoms with E-state index in [1.54, 1.807) is 30.2 Å². The van der Waals surface area contributed by atoms with Crippen molar-refractivity contribution in [2.24, 2.45) is 0 Å². The van der Waals surface area contributed by atoms with Crippen LogP contribution in [0.1, 0.15) is 23.2 Å². The van der Waals surface area contributed by atoms with E-state index in [9.17, 15) is 9.59 Å². The third kappa shape index (κ3) is 2.91. The van der Waals surface area contributed by atoms with E-state index in [-0.39, 0.29) is 12.0 Å². The zero-order valence-electron chi connectivity index (χ0n) is 13.3. The molecule has 7 heteroatoms. The molecule has 0 bridgehead atoms. The van der Waals surface area contributed by atoms with Crippen molar-refractivity contribution in [1.82, 2.24) is 10.2 Å². The topological polar surface area (TPSA) is 77.1 Å². The molecule has 0 unspecified atom stereocenters. The lowest BCUT2D eigenvalue weighted by Gasteiger charge is -2.37. The van der Waals surface area contributed by atoms with E-state index in [1.807, 2.05) is 0 Å². The van der Waals surface area contributed by atoms with E-state index in [0.29, 0.717) is 49.5 Å². The lowest BCUT2D eigenvalue weighted by Crippen LogP contribution is -2.48. The van der Waals surface area contributed by atoms with Crippen LogP contribution in [0.4, 0.5) is 4.79 Å². The Hall–Kier alpha value is -2.44. The maximum Gasteiger partial charge on any atom is 0.407 e. The van der Waals surface area contributed by atoms with E-state index in [4.69, 9.17) is 14.2 Å². The highest BCUT2D eigenvalue weighted by molar-refractivity contribution is 5.95. The molecule has 23 heavy (non-hydrogen) atoms. The molecule has 1 aromatic carbocycles. The maximum atomic E-state index is 12.6. The first-order valence-electron chi connectivity index (χ1n) is 7.55. The highest BCUT2D eigenvalue weighted by atomic mass is 16.6. The standard InChI is InChI=1S/C16H20N2O5/c1-21-12-4-3-11(9-13(12)22-2)14(19)18-7-5-16(6-8-18)10-17-15(20)23-16/h3-4,9H,5-8,10H2,1-2H3,(H,17,20). The van der Waals surface area contributed by atoms with E-state index >= 15 is 0 Å². The molecule has 2 aliphatic heterocycles. The number of amides is 2. The lowest BCUT2D eigenvalue weighted by atomic mass is 9.91. The number of carbonyl (C=O) groups excluding carboxylic acids is 2. The zero-order valence-corrected chi connectivity index (χ0v) is 13.3. The molecule has 0 aliphatic carbocycles. The molecule has 1 N–H and O–H groups in total. The molecule has 2 fully saturated rings. The number of nitrogens with one attached hydrogen (secondary N) is 1. The molecule has 0 saturated carbocycles. The molecular weight excluding hydrogens is 300 g/mol. The number of hydrogen-bond donors (Lipinski definition) is 1. The summed E-state index contributed by atoms with van der Waals surface area (Å²) in [6.45, 7) is 1.63. The molecule has 2 heterocycles. The third-order valence-corrected chi connectivity index (χ3v) is 4.46. The van der Waals surface area contributed by atoms with Crippen molar-refractivity contribution in [3.8, 4) is 11.5 Å². The predicted octanol–water partition coefficient (Wildman–Crippen LogP) is 1.42. The van der Waals surface area contributed by atoms with E-state index < -0.39 is 5.60 Å². The molecule has 1 aromatic rings. The quantitative estimate of drug-likeness (QED) is 0.911. The number of methoxy groups -OCH3 is 2. The van der Waals surface area contributed by atoms with Crippen LogP contribution in [0.2, 0.25) is 0 Å². The van der Waals surface area contributed by atoms with Crippen LogP contribution in [0, 0.1) is 0 Å². The number of likely N-dealkylation sites (tertiary alicyclic amines) is 1. The van der Waals surface area contributed by atoms with Gasteiger partial charge in [-0.15, -0.1) is 0 Å². The lowest BCUT2D eigenvalue weighted by molar-refractivity contribution is 0.00330. The number of nitrogens with zero attached hydrogens (tertiary/aromatic N) is 1. The second-order valence-corrected chi connectivity index (χ2v) is 5.79. The minimum absolute atomic E-state index is 0.0573. The third-order valence-electron chi connectivity index (χ3n) is 4.46. The Morgan fingerprint density at radius 1 is 1.22 bits per heavy atom. The summed E-state index contributed by atoms with van der Waals surface area (Å²) in [7, 11) is 3.10. The molecule has 2 amide bonds. The summed E-state index contributed by atoms with van der Waals surface area (Å²) in [5, 5.41) is 2.69. The van der Waals surface area contributed by atoms with Crippen LogP contribution in [-0.2, 0) is 4.74 Å². The Morgan fingerprint density at radius 2 is 1.91 bits per heavy atom. The highest BCUT2D eigenvalue weighted by Crippen LogP contribution is 2.31. The molecule has 2 aliphatic rings. The van der Waals surface area contributed by atoms with Gasteiger partial charge in [0.25, 0.3) is 5.91 Å². The fourth-order valence-corrected chi connectivity index (χ4v) is 3.05. The van der Waals surface area contributed by atoms with Crippen LogP contribution in [-0.4, -0.2) is 56.4 Å². The van der Waals surface area contributed by atoms with Gasteiger partial charge in [0.15, 0.2) is 11.5 Å². The van der Waals surface area contributed by atoms with Crippen LogP contribution in [0.15, 0.2) is 18.2 Å². The second-order valence-electron chi connectivity index (χ2n) is 5.79. The normalized spacial score (nSPS) is 19.2. The highest BCUT2D eigenvalue weighted by Gasteiger charge is 2.43. The van der Waals surface area contributed by atoms with Crippen molar-refractivity contribution in [3.63, 3.8) is 0 Å². The molecule has 2 saturated heterocycles. The van der Waals surface area contributed by atoms with Crippen LogP contribution >= 0.6 is 0 Å². The van der Waals surface area contributed by atoms with Gasteiger partial charge in [0.05, 0.1) is 20.8 Å². The van der Waals surface area contributed by atoms with Crippen LogP contribution in [0.5, 0.6) is 11.5 Å². The summed E-state index contributed by atoms with van der Waals surface area (Å²) in [5.74, 6) is 1.06. The summed E-state index contributed by atoms with van der Waals surface area (Å²) in [4.78, 5) is 25.7. The molecule has 0 aromatic heterocycles. The van der Waals surface area contributed by atoms with Crippen molar-refractivity contribution in [2.45, 2.75) is 18.4 Å². The minimum atomic E-state index is -0.453. The van der Waals surface area contributed by atoms with Crippen molar-refractivity contribution < 1.29 is 23.8 Å². The summed E-state index contributed by atoms with van der Waals surface area (Å²) in [6.07, 6.45) is 0.917. The SMILES string of the molecule is COc1ccc(C(=O)N2CCC3(CC2)CNC(=O)O3)cc1OC. The maximum absolute atomic E-state index is 12.6. The Bertz CT molecular complexity index is 623. The van der Waals surface area contributed by atoms with Crippen LogP contribution < -0.4 is 14.8 Å². The number of benzene rings is 1. The van der Waals surface area contributed by atoms with Crippen molar-refractivity contribution in [3.05, 3.63) is 23.8 Å². The van der Waals surface area contributed by atoms with Gasteiger partial charge in [0.2, 0.25) is 0 Å². The number of ether oxygens (including phenoxy) is 3. The summed E-state index contributed by atoms with van der Waals surface area (Å²) < 4.78 is 15.8. The number of piperidine rings is 1. The van der Waals surface area contributed by atoms with Gasteiger partial charge in [-0.05, 0) is 18.2 Å². The Labute approximate surface area is 134 Å². The van der Waals surface area contributed by atoms with Crippen LogP contribution in [0.3, 0.4) is 0 Å². The first-order chi connectivity index (χ1) is 11.1. The molecule has 0 radical (unpaired) electrons. The minimum Gasteiger partial charge on any atom is -0.493 e. The van der Waals surface area contributed by atoms with Crippen LogP contribution in [0.25, 0.3) is 0 Å². The zero-order chi connectivity index (χ0) is 16.4. The van der Waals surface area contributed by atoms with Gasteiger partial charge >= 0.3 is 6.09 Å². The summed E-state index contributed by atoms with van der Waals surface area (Å²) >= 11 is 0. The largest absolute Gasteiger partial charge is 0.493 e. The molecule has 7 nitrogen and oxygen atoms in total. The monoisotopic (exact) mass is 320 g/mol. The molecule has 1 spiro atoms. The first-order valence-corrected chi connectivity index (χ1v) is 7.55. The fourth-order valence-electron chi connectivity index (χ4n) is 3.05. The summed E-state index contributed by atoms with van der Waals surface area (Å²) in [5.41, 5.74) is 0.103. The first kappa shape index (κ1) is 15.5. The second kappa shape index (κ2) is 5.98. The van der Waals surface area contributed by atoms with Crippen molar-refractivity contribution in [2.75, 3.05) is 33.9 Å². The van der Waals surface area contributed by atoms with Gasteiger partial charge in [-0.3, -0.25) is 4.79 Å². The smallest absolute Gasteiger partial charge is 0.407 e. The number of hydrogen-bond acceptors (Lipinski definition) is 5. The van der Waals surface area contributed by atoms with E-state index in [1.165, 1.54) is 7.11 Å². The van der Waals surface area contributed by atoms with Gasteiger partial charge in [-0.25, -0.2) is 4.79 Å². The Morgan fingerprint density at radius 3 is 2.48 bits per heavy atom. The van der Waals surface area contributed by atoms with Gasteiger partial charge in [0, 0.05) is 31.5 Å². The molecule has 0 atom stereocenters. The van der Waals surface area contributed by atoms with Gasteiger partial charge in [-0.2, -0.15) is 0 Å². The van der Waals surface area contributed by atoms with Gasteiger partial charge in [-0.1, -0.05) is 0 Å². The Kier molecular flexibility index (Phi) is 4.02. The molecule has 3 rings (SSSR count). The number of carbonyl (C=O) groups is 2. The average molecular weight is 320 g/mol. The van der Waals surface area contributed by atoms with Crippen molar-refractivity contribution >= 4 is 12.0 Å². The van der Waals surface area contributed by atoms with Gasteiger partial charge < -0.3 is 24.4 Å². The number of alkyl carbamates (subject to hydrolysis) is 1. The predicted molar refractivity (Wildman–Crippen MR) is 81.9 cm³/mol.